The second-order valence-corrected chi connectivity index (χ2v) is 9.58. The smallest absolute Gasteiger partial charge is 0.341 e. The van der Waals surface area contributed by atoms with Crippen molar-refractivity contribution < 1.29 is 14.6 Å². The number of aromatic carboxylic acids is 1. The summed E-state index contributed by atoms with van der Waals surface area (Å²) >= 11 is 1.76. The Morgan fingerprint density at radius 2 is 2.03 bits per heavy atom. The quantitative estimate of drug-likeness (QED) is 0.575. The molecule has 156 valence electrons. The Kier molecular flexibility index (Phi) is 4.48. The number of rotatable bonds is 4. The number of nitrogens with two attached hydrogens (primary N) is 1. The number of aryl methyl sites for hydroxylation is 1. The van der Waals surface area contributed by atoms with Crippen LogP contribution in [0.4, 0.5) is 0 Å². The number of carboxylic acid groups (broad SMARTS) is 1. The molecular formula is C23H24N2O4S. The third-order valence-electron chi connectivity index (χ3n) is 6.50. The van der Waals surface area contributed by atoms with E-state index in [0.717, 1.165) is 41.7 Å². The molecular weight excluding hydrogens is 400 g/mol. The van der Waals surface area contributed by atoms with E-state index in [1.807, 2.05) is 6.07 Å². The van der Waals surface area contributed by atoms with Crippen LogP contribution >= 0.6 is 11.3 Å². The Morgan fingerprint density at radius 1 is 1.27 bits per heavy atom. The zero-order valence-corrected chi connectivity index (χ0v) is 17.8. The van der Waals surface area contributed by atoms with Gasteiger partial charge in [-0.1, -0.05) is 6.92 Å². The van der Waals surface area contributed by atoms with E-state index < -0.39 is 11.4 Å². The minimum absolute atomic E-state index is 0.0347. The number of fused-ring (bicyclic) bond motifs is 2. The van der Waals surface area contributed by atoms with Crippen molar-refractivity contribution in [1.29, 1.82) is 0 Å². The molecule has 0 saturated heterocycles. The third-order valence-corrected chi connectivity index (χ3v) is 7.73. The topological polar surface area (TPSA) is 105 Å². The number of benzene rings is 1. The summed E-state index contributed by atoms with van der Waals surface area (Å²) in [5.74, 6) is 0.178. The van der Waals surface area contributed by atoms with Gasteiger partial charge in [-0.3, -0.25) is 4.79 Å². The molecule has 0 radical (unpaired) electrons. The highest BCUT2D eigenvalue weighted by atomic mass is 32.1. The van der Waals surface area contributed by atoms with Gasteiger partial charge in [-0.05, 0) is 60.8 Å². The Hall–Kier alpha value is -2.64. The van der Waals surface area contributed by atoms with E-state index in [2.05, 4.69) is 18.0 Å². The molecule has 2 unspecified atom stereocenters. The molecule has 4 N–H and O–H groups in total. The van der Waals surface area contributed by atoms with Gasteiger partial charge in [-0.25, -0.2) is 4.79 Å². The number of ether oxygens (including phenoxy) is 1. The average molecular weight is 425 g/mol. The van der Waals surface area contributed by atoms with E-state index in [9.17, 15) is 14.7 Å². The van der Waals surface area contributed by atoms with Crippen molar-refractivity contribution in [2.75, 3.05) is 7.11 Å². The molecule has 2 heterocycles. The molecule has 30 heavy (non-hydrogen) atoms. The minimum Gasteiger partial charge on any atom is -0.494 e. The lowest BCUT2D eigenvalue weighted by molar-refractivity contribution is 0.0695. The molecule has 0 spiro atoms. The van der Waals surface area contributed by atoms with Crippen molar-refractivity contribution in [3.63, 3.8) is 0 Å². The second kappa shape index (κ2) is 6.96. The number of hydrogen-bond donors (Lipinski definition) is 3. The van der Waals surface area contributed by atoms with E-state index in [1.165, 1.54) is 16.6 Å². The number of carboxylic acids is 1. The Balaban J connectivity index is 1.79. The zero-order valence-electron chi connectivity index (χ0n) is 17.0. The Morgan fingerprint density at radius 3 is 2.70 bits per heavy atom. The molecule has 1 fully saturated rings. The highest BCUT2D eigenvalue weighted by Gasteiger charge is 2.33. The number of aromatic amines is 1. The highest BCUT2D eigenvalue weighted by molar-refractivity contribution is 7.15. The molecule has 0 bridgehead atoms. The van der Waals surface area contributed by atoms with Gasteiger partial charge in [0.1, 0.15) is 5.56 Å². The summed E-state index contributed by atoms with van der Waals surface area (Å²) in [5.41, 5.74) is 9.57. The van der Waals surface area contributed by atoms with Gasteiger partial charge in [0, 0.05) is 27.6 Å². The summed E-state index contributed by atoms with van der Waals surface area (Å²) in [6.45, 7) is 2.20. The molecule has 2 aliphatic rings. The van der Waals surface area contributed by atoms with Gasteiger partial charge in [-0.2, -0.15) is 0 Å². The summed E-state index contributed by atoms with van der Waals surface area (Å²) in [6, 6.07) is 4.10. The molecule has 1 aromatic carbocycles. The molecule has 7 heteroatoms. The molecule has 1 saturated carbocycles. The van der Waals surface area contributed by atoms with Gasteiger partial charge in [0.05, 0.1) is 18.0 Å². The van der Waals surface area contributed by atoms with Crippen LogP contribution in [0.1, 0.15) is 64.5 Å². The van der Waals surface area contributed by atoms with Crippen LogP contribution in [0.15, 0.2) is 23.1 Å². The van der Waals surface area contributed by atoms with E-state index in [4.69, 9.17) is 10.5 Å². The second-order valence-electron chi connectivity index (χ2n) is 8.44. The third kappa shape index (κ3) is 2.87. The molecule has 2 aliphatic carbocycles. The summed E-state index contributed by atoms with van der Waals surface area (Å²) in [4.78, 5) is 29.7. The molecule has 6 nitrogen and oxygen atoms in total. The lowest BCUT2D eigenvalue weighted by Crippen LogP contribution is -2.23. The predicted molar refractivity (Wildman–Crippen MR) is 118 cm³/mol. The number of H-pyrrole nitrogens is 1. The minimum atomic E-state index is -1.23. The molecule has 2 aromatic heterocycles. The number of carbonyl (C=O) groups is 1. The Bertz CT molecular complexity index is 1240. The first-order valence-electron chi connectivity index (χ1n) is 10.3. The van der Waals surface area contributed by atoms with Crippen LogP contribution in [0, 0.1) is 5.92 Å². The van der Waals surface area contributed by atoms with Gasteiger partial charge >= 0.3 is 5.97 Å². The van der Waals surface area contributed by atoms with Crippen molar-refractivity contribution in [3.05, 3.63) is 50.1 Å². The van der Waals surface area contributed by atoms with E-state index in [-0.39, 0.29) is 11.6 Å². The lowest BCUT2D eigenvalue weighted by atomic mass is 9.85. The predicted octanol–water partition coefficient (Wildman–Crippen LogP) is 4.42. The summed E-state index contributed by atoms with van der Waals surface area (Å²) in [5, 5.41) is 9.72. The van der Waals surface area contributed by atoms with Crippen LogP contribution in [0.3, 0.4) is 0 Å². The van der Waals surface area contributed by atoms with Crippen LogP contribution < -0.4 is 15.9 Å². The molecule has 3 aromatic rings. The fourth-order valence-electron chi connectivity index (χ4n) is 4.58. The van der Waals surface area contributed by atoms with Crippen LogP contribution in [0.5, 0.6) is 5.75 Å². The number of hydrogen-bond acceptors (Lipinski definition) is 5. The normalized spacial score (nSPS) is 20.9. The fraction of sp³-hybridized carbons (Fsp3) is 0.391. The van der Waals surface area contributed by atoms with Crippen molar-refractivity contribution >= 4 is 28.2 Å². The zero-order chi connectivity index (χ0) is 21.2. The Labute approximate surface area is 177 Å². The summed E-state index contributed by atoms with van der Waals surface area (Å²) in [7, 11) is 1.60. The van der Waals surface area contributed by atoms with Gasteiger partial charge in [0.15, 0.2) is 5.75 Å². The number of nitrogens with one attached hydrogen (secondary N) is 1. The lowest BCUT2D eigenvalue weighted by Gasteiger charge is -2.25. The van der Waals surface area contributed by atoms with Crippen LogP contribution in [-0.4, -0.2) is 23.2 Å². The van der Waals surface area contributed by atoms with E-state index in [1.54, 1.807) is 18.4 Å². The fourth-order valence-corrected chi connectivity index (χ4v) is 5.87. The first kappa shape index (κ1) is 19.3. The maximum absolute atomic E-state index is 12.8. The molecule has 5 rings (SSSR count). The monoisotopic (exact) mass is 424 g/mol. The van der Waals surface area contributed by atoms with Crippen LogP contribution in [0.2, 0.25) is 0 Å². The SMILES string of the molecule is COc1c(-c2cc3c(s2)CCC(C)C3N)c(C2CC2)cc2c(=O)c(C(=O)O)c[nH]c12. The first-order chi connectivity index (χ1) is 14.4. The van der Waals surface area contributed by atoms with Gasteiger partial charge in [0.2, 0.25) is 5.43 Å². The standard InChI is InChI=1S/C23H24N2O4S/c1-10-3-6-16-13(19(10)24)8-17(30-16)18-12(11-4-5-11)7-14-20(22(18)29-2)25-9-15(21(14)26)23(27)28/h7-11,19H,3-6,24H2,1-2H3,(H,25,26)(H,27,28). The maximum Gasteiger partial charge on any atom is 0.341 e. The van der Waals surface area contributed by atoms with Crippen molar-refractivity contribution in [2.24, 2.45) is 11.7 Å². The largest absolute Gasteiger partial charge is 0.494 e. The number of methoxy groups -OCH3 is 1. The summed E-state index contributed by atoms with van der Waals surface area (Å²) < 4.78 is 5.82. The number of pyridine rings is 1. The van der Waals surface area contributed by atoms with Crippen molar-refractivity contribution in [1.82, 2.24) is 4.98 Å². The number of thiophene rings is 1. The van der Waals surface area contributed by atoms with Crippen LogP contribution in [-0.2, 0) is 6.42 Å². The highest BCUT2D eigenvalue weighted by Crippen LogP contribution is 2.52. The molecule has 2 atom stereocenters. The van der Waals surface area contributed by atoms with Gasteiger partial charge in [-0.15, -0.1) is 11.3 Å². The molecule has 0 aliphatic heterocycles. The number of aromatic nitrogens is 1. The van der Waals surface area contributed by atoms with E-state index in [0.29, 0.717) is 28.5 Å². The van der Waals surface area contributed by atoms with Gasteiger partial charge in [0.25, 0.3) is 0 Å². The first-order valence-corrected chi connectivity index (χ1v) is 11.1. The van der Waals surface area contributed by atoms with Crippen molar-refractivity contribution in [3.8, 4) is 16.2 Å². The molecule has 0 amide bonds. The van der Waals surface area contributed by atoms with Crippen molar-refractivity contribution in [2.45, 2.75) is 44.6 Å². The maximum atomic E-state index is 12.8. The van der Waals surface area contributed by atoms with Crippen LogP contribution in [0.25, 0.3) is 21.3 Å². The summed E-state index contributed by atoms with van der Waals surface area (Å²) in [6.07, 6.45) is 5.48. The van der Waals surface area contributed by atoms with E-state index >= 15 is 0 Å². The average Bonchev–Trinajstić information content (AvgIpc) is 3.48. The van der Waals surface area contributed by atoms with Gasteiger partial charge < -0.3 is 20.6 Å².